The molecule has 19 heavy (non-hydrogen) atoms. The Hall–Kier alpha value is -0.0800. The van der Waals surface area contributed by atoms with Crippen molar-refractivity contribution in [3.63, 3.8) is 0 Å². The Kier molecular flexibility index (Phi) is 4.32. The number of rotatable bonds is 1. The van der Waals surface area contributed by atoms with Crippen molar-refractivity contribution in [2.45, 2.75) is 78.8 Å². The van der Waals surface area contributed by atoms with Gasteiger partial charge >= 0.3 is 0 Å². The number of likely N-dealkylation sites (tertiary alicyclic amines) is 1. The van der Waals surface area contributed by atoms with E-state index in [1.165, 1.54) is 45.2 Å². The summed E-state index contributed by atoms with van der Waals surface area (Å²) < 4.78 is 0. The summed E-state index contributed by atoms with van der Waals surface area (Å²) in [7, 11) is 0. The largest absolute Gasteiger partial charge is 0.326 e. The first-order valence-electron chi connectivity index (χ1n) is 8.21. The van der Waals surface area contributed by atoms with Gasteiger partial charge in [0.1, 0.15) is 0 Å². The van der Waals surface area contributed by atoms with Crippen molar-refractivity contribution in [3.05, 3.63) is 0 Å². The molecule has 0 amide bonds. The molecule has 0 radical (unpaired) electrons. The predicted octanol–water partition coefficient (Wildman–Crippen LogP) is 3.65. The van der Waals surface area contributed by atoms with E-state index < -0.39 is 0 Å². The van der Waals surface area contributed by atoms with Crippen LogP contribution in [0.5, 0.6) is 0 Å². The Morgan fingerprint density at radius 2 is 1.63 bits per heavy atom. The van der Waals surface area contributed by atoms with Crippen molar-refractivity contribution in [2.75, 3.05) is 13.1 Å². The van der Waals surface area contributed by atoms with Gasteiger partial charge < -0.3 is 5.73 Å². The van der Waals surface area contributed by atoms with Crippen LogP contribution >= 0.6 is 0 Å². The van der Waals surface area contributed by atoms with Crippen molar-refractivity contribution >= 4 is 0 Å². The molecule has 1 saturated carbocycles. The van der Waals surface area contributed by atoms with Gasteiger partial charge in [0.15, 0.2) is 0 Å². The highest BCUT2D eigenvalue weighted by Crippen LogP contribution is 2.39. The fourth-order valence-electron chi connectivity index (χ4n) is 4.14. The maximum Gasteiger partial charge on any atom is 0.0252 e. The quantitative estimate of drug-likeness (QED) is 0.785. The Morgan fingerprint density at radius 3 is 2.16 bits per heavy atom. The van der Waals surface area contributed by atoms with Gasteiger partial charge in [0.25, 0.3) is 0 Å². The van der Waals surface area contributed by atoms with E-state index in [9.17, 15) is 0 Å². The van der Waals surface area contributed by atoms with Crippen molar-refractivity contribution in [1.29, 1.82) is 0 Å². The van der Waals surface area contributed by atoms with Gasteiger partial charge in [-0.05, 0) is 55.5 Å². The van der Waals surface area contributed by atoms with Crippen LogP contribution in [-0.4, -0.2) is 30.1 Å². The van der Waals surface area contributed by atoms with Gasteiger partial charge in [-0.1, -0.05) is 41.0 Å². The first-order chi connectivity index (χ1) is 8.72. The number of hydrogen-bond donors (Lipinski definition) is 1. The molecule has 1 aliphatic heterocycles. The second-order valence-electron chi connectivity index (χ2n) is 8.65. The van der Waals surface area contributed by atoms with E-state index in [0.717, 1.165) is 5.92 Å². The first kappa shape index (κ1) is 15.3. The third kappa shape index (κ3) is 3.33. The molecule has 0 spiro atoms. The minimum absolute atomic E-state index is 0.323. The lowest BCUT2D eigenvalue weighted by molar-refractivity contribution is 0.0269. The van der Waals surface area contributed by atoms with E-state index in [1.807, 2.05) is 0 Å². The fourth-order valence-corrected chi connectivity index (χ4v) is 4.14. The average molecular weight is 266 g/mol. The maximum atomic E-state index is 6.57. The van der Waals surface area contributed by atoms with Crippen LogP contribution < -0.4 is 5.73 Å². The third-order valence-electron chi connectivity index (χ3n) is 5.86. The van der Waals surface area contributed by atoms with Crippen LogP contribution in [0.3, 0.4) is 0 Å². The van der Waals surface area contributed by atoms with E-state index in [-0.39, 0.29) is 0 Å². The molecule has 2 heteroatoms. The van der Waals surface area contributed by atoms with Crippen molar-refractivity contribution in [1.82, 2.24) is 4.90 Å². The molecule has 2 atom stereocenters. The Bertz CT molecular complexity index is 295. The summed E-state index contributed by atoms with van der Waals surface area (Å²) in [6.45, 7) is 14.4. The lowest BCUT2D eigenvalue weighted by Crippen LogP contribution is -2.58. The Labute approximate surface area is 120 Å². The van der Waals surface area contributed by atoms with Crippen LogP contribution in [0.1, 0.15) is 66.7 Å². The van der Waals surface area contributed by atoms with Gasteiger partial charge in [-0.15, -0.1) is 0 Å². The minimum atomic E-state index is 0.323. The molecule has 2 nitrogen and oxygen atoms in total. The first-order valence-corrected chi connectivity index (χ1v) is 8.21. The van der Waals surface area contributed by atoms with Crippen molar-refractivity contribution < 1.29 is 0 Å². The van der Waals surface area contributed by atoms with Crippen molar-refractivity contribution in [3.8, 4) is 0 Å². The second-order valence-corrected chi connectivity index (χ2v) is 8.65. The zero-order valence-corrected chi connectivity index (χ0v) is 13.7. The highest BCUT2D eigenvalue weighted by atomic mass is 15.2. The van der Waals surface area contributed by atoms with Crippen LogP contribution in [-0.2, 0) is 0 Å². The lowest BCUT2D eigenvalue weighted by Gasteiger charge is -2.49. The van der Waals surface area contributed by atoms with E-state index in [2.05, 4.69) is 39.5 Å². The molecule has 1 aliphatic carbocycles. The van der Waals surface area contributed by atoms with Gasteiger partial charge in [-0.25, -0.2) is 0 Å². The molecule has 2 rings (SSSR count). The summed E-state index contributed by atoms with van der Waals surface area (Å²) in [5.41, 5.74) is 7.36. The van der Waals surface area contributed by atoms with Crippen LogP contribution in [0.4, 0.5) is 0 Å². The van der Waals surface area contributed by atoms with E-state index in [4.69, 9.17) is 5.73 Å². The van der Waals surface area contributed by atoms with Gasteiger partial charge in [-0.3, -0.25) is 4.90 Å². The van der Waals surface area contributed by atoms with Gasteiger partial charge in [0.2, 0.25) is 0 Å². The van der Waals surface area contributed by atoms with Crippen molar-refractivity contribution in [2.24, 2.45) is 22.5 Å². The molecular weight excluding hydrogens is 232 g/mol. The van der Waals surface area contributed by atoms with Crippen LogP contribution in [0.25, 0.3) is 0 Å². The molecule has 0 aromatic heterocycles. The smallest absolute Gasteiger partial charge is 0.0252 e. The average Bonchev–Trinajstić information content (AvgIpc) is 2.32. The summed E-state index contributed by atoms with van der Waals surface area (Å²) in [6.07, 6.45) is 6.67. The van der Waals surface area contributed by atoms with E-state index in [1.54, 1.807) is 0 Å². The van der Waals surface area contributed by atoms with Gasteiger partial charge in [-0.2, -0.15) is 0 Å². The zero-order chi connectivity index (χ0) is 14.3. The lowest BCUT2D eigenvalue weighted by atomic mass is 9.69. The highest BCUT2D eigenvalue weighted by Gasteiger charge is 2.40. The molecule has 1 saturated heterocycles. The summed E-state index contributed by atoms with van der Waals surface area (Å²) in [4.78, 5) is 2.70. The topological polar surface area (TPSA) is 29.3 Å². The standard InChI is InChI=1S/C17H34N2/c1-16(2,3)13-8-11-19(12-9-13)14-7-6-10-17(4,5)15(14)18/h13-15H,6-12,18H2,1-5H3. The van der Waals surface area contributed by atoms with E-state index >= 15 is 0 Å². The summed E-state index contributed by atoms with van der Waals surface area (Å²) in [5.74, 6) is 0.886. The molecule has 112 valence electrons. The monoisotopic (exact) mass is 266 g/mol. The zero-order valence-electron chi connectivity index (χ0n) is 13.7. The number of hydrogen-bond acceptors (Lipinski definition) is 2. The van der Waals surface area contributed by atoms with Crippen LogP contribution in [0.2, 0.25) is 0 Å². The Balaban J connectivity index is 1.94. The second kappa shape index (κ2) is 5.37. The summed E-state index contributed by atoms with van der Waals surface area (Å²) in [6, 6.07) is 0.983. The molecule has 2 aliphatic rings. The molecule has 0 aromatic carbocycles. The van der Waals surface area contributed by atoms with Crippen LogP contribution in [0, 0.1) is 16.7 Å². The molecular formula is C17H34N2. The van der Waals surface area contributed by atoms with Gasteiger partial charge in [0, 0.05) is 12.1 Å². The molecule has 0 bridgehead atoms. The highest BCUT2D eigenvalue weighted by molar-refractivity contribution is 4.97. The summed E-state index contributed by atoms with van der Waals surface area (Å²) >= 11 is 0. The summed E-state index contributed by atoms with van der Waals surface area (Å²) in [5, 5.41) is 0. The molecule has 1 heterocycles. The molecule has 2 fully saturated rings. The molecule has 2 unspecified atom stereocenters. The minimum Gasteiger partial charge on any atom is -0.326 e. The maximum absolute atomic E-state index is 6.57. The number of nitrogens with zero attached hydrogens (tertiary/aromatic N) is 1. The predicted molar refractivity (Wildman–Crippen MR) is 83.1 cm³/mol. The van der Waals surface area contributed by atoms with Gasteiger partial charge in [0.05, 0.1) is 0 Å². The van der Waals surface area contributed by atoms with Crippen LogP contribution in [0.15, 0.2) is 0 Å². The number of piperidine rings is 1. The number of nitrogens with two attached hydrogens (primary N) is 1. The SMILES string of the molecule is CC(C)(C)C1CCN(C2CCCC(C)(C)C2N)CC1. The molecule has 2 N–H and O–H groups in total. The Morgan fingerprint density at radius 1 is 1.05 bits per heavy atom. The molecule has 0 aromatic rings. The third-order valence-corrected chi connectivity index (χ3v) is 5.86. The van der Waals surface area contributed by atoms with E-state index in [0.29, 0.717) is 22.9 Å². The normalized spacial score (nSPS) is 34.4. The fraction of sp³-hybridized carbons (Fsp3) is 1.00.